The highest BCUT2D eigenvalue weighted by Gasteiger charge is 2.31. The Balaban J connectivity index is 1.23. The Labute approximate surface area is 252 Å². The minimum absolute atomic E-state index is 0.212. The summed E-state index contributed by atoms with van der Waals surface area (Å²) < 4.78 is 42.4. The minimum Gasteiger partial charge on any atom is -0.406 e. The summed E-state index contributed by atoms with van der Waals surface area (Å²) in [6, 6.07) is 18.3. The van der Waals surface area contributed by atoms with Gasteiger partial charge in [-0.3, -0.25) is 5.32 Å². The number of nitrogens with zero attached hydrogens (tertiary/aromatic N) is 3. The van der Waals surface area contributed by atoms with Gasteiger partial charge < -0.3 is 15.4 Å². The molecule has 4 aromatic rings. The third-order valence-electron chi connectivity index (χ3n) is 6.04. The predicted octanol–water partition coefficient (Wildman–Crippen LogP) is 6.70. The molecule has 222 valence electrons. The van der Waals surface area contributed by atoms with Gasteiger partial charge in [-0.05, 0) is 90.8 Å². The average Bonchev–Trinajstić information content (AvgIpc) is 3.43. The van der Waals surface area contributed by atoms with E-state index in [2.05, 4.69) is 56.5 Å². The van der Waals surface area contributed by atoms with Crippen molar-refractivity contribution in [2.24, 2.45) is 0 Å². The molecule has 0 atom stereocenters. The second-order valence-electron chi connectivity index (χ2n) is 9.76. The molecule has 2 amide bonds. The Kier molecular flexibility index (Phi) is 10.0. The van der Waals surface area contributed by atoms with Crippen LogP contribution in [0, 0.1) is 18.8 Å². The van der Waals surface area contributed by atoms with E-state index in [-0.39, 0.29) is 10.9 Å². The molecule has 0 aliphatic carbocycles. The van der Waals surface area contributed by atoms with Crippen molar-refractivity contribution in [1.82, 2.24) is 25.4 Å². The normalized spacial score (nSPS) is 11.0. The topological polar surface area (TPSA) is 93.1 Å². The van der Waals surface area contributed by atoms with Gasteiger partial charge in [-0.25, -0.2) is 14.5 Å². The molecule has 8 nitrogen and oxygen atoms in total. The standard InChI is InChI=1S/C31H29F3N6O2S/c1-20(2)26-16-7-21(3)18-27(26)37-30(43)38-29(41)35-17-5-4-6-22-8-10-23(11-9-22)28-36-19-40(39-28)24-12-14-25(15-13-24)42-31(32,33)34/h7-16,18-20H,5,17H2,1-3H3,(H3,35,37,38,41,43). The number of anilines is 1. The zero-order valence-electron chi connectivity index (χ0n) is 23.6. The molecule has 0 unspecified atom stereocenters. The van der Waals surface area contributed by atoms with Crippen LogP contribution < -0.4 is 20.7 Å². The summed E-state index contributed by atoms with van der Waals surface area (Å²) in [5, 5.41) is 13.1. The highest BCUT2D eigenvalue weighted by Crippen LogP contribution is 2.26. The van der Waals surface area contributed by atoms with Crippen molar-refractivity contribution in [3.05, 3.63) is 89.7 Å². The Morgan fingerprint density at radius 2 is 1.79 bits per heavy atom. The second kappa shape index (κ2) is 13.8. The van der Waals surface area contributed by atoms with Gasteiger partial charge in [0, 0.05) is 29.8 Å². The van der Waals surface area contributed by atoms with Gasteiger partial charge in [0.1, 0.15) is 12.1 Å². The SMILES string of the molecule is Cc1ccc(C(C)C)c(NC(=S)NC(=O)NCCC#Cc2ccc(-c3ncn(-c4ccc(OC(F)(F)F)cc4)n3)cc2)c1. The smallest absolute Gasteiger partial charge is 0.406 e. The maximum Gasteiger partial charge on any atom is 0.573 e. The van der Waals surface area contributed by atoms with Crippen molar-refractivity contribution in [3.8, 4) is 34.7 Å². The van der Waals surface area contributed by atoms with Crippen LogP contribution in [0.15, 0.2) is 73.1 Å². The first-order valence-electron chi connectivity index (χ1n) is 13.3. The fraction of sp³-hybridized carbons (Fsp3) is 0.226. The molecule has 3 N–H and O–H groups in total. The van der Waals surface area contributed by atoms with Gasteiger partial charge in [0.15, 0.2) is 10.9 Å². The Bertz CT molecular complexity index is 1640. The molecule has 43 heavy (non-hydrogen) atoms. The predicted molar refractivity (Wildman–Crippen MR) is 163 cm³/mol. The molecule has 4 rings (SSSR count). The summed E-state index contributed by atoms with van der Waals surface area (Å²) in [6.45, 7) is 6.52. The Morgan fingerprint density at radius 3 is 2.47 bits per heavy atom. The summed E-state index contributed by atoms with van der Waals surface area (Å²) in [6.07, 6.45) is -2.84. The molecule has 0 radical (unpaired) electrons. The van der Waals surface area contributed by atoms with Gasteiger partial charge in [-0.15, -0.1) is 18.3 Å². The number of carbonyl (C=O) groups is 1. The number of aryl methyl sites for hydroxylation is 1. The maximum atomic E-state index is 12.4. The van der Waals surface area contributed by atoms with E-state index in [4.69, 9.17) is 12.2 Å². The first kappa shape index (κ1) is 31.1. The van der Waals surface area contributed by atoms with Crippen molar-refractivity contribution < 1.29 is 22.7 Å². The van der Waals surface area contributed by atoms with E-state index in [9.17, 15) is 18.0 Å². The van der Waals surface area contributed by atoms with Crippen molar-refractivity contribution in [3.63, 3.8) is 0 Å². The number of halogens is 3. The van der Waals surface area contributed by atoms with E-state index in [0.29, 0.717) is 30.4 Å². The molecular weight excluding hydrogens is 577 g/mol. The summed E-state index contributed by atoms with van der Waals surface area (Å²) >= 11 is 5.30. The lowest BCUT2D eigenvalue weighted by atomic mass is 9.99. The van der Waals surface area contributed by atoms with Gasteiger partial charge in [-0.2, -0.15) is 0 Å². The Morgan fingerprint density at radius 1 is 1.07 bits per heavy atom. The van der Waals surface area contributed by atoms with Gasteiger partial charge in [0.05, 0.1) is 5.69 Å². The average molecular weight is 607 g/mol. The Hall–Kier alpha value is -4.89. The first-order chi connectivity index (χ1) is 20.5. The number of nitrogens with one attached hydrogen (secondary N) is 3. The number of thiocarbonyl (C=S) groups is 1. The molecule has 0 fully saturated rings. The number of hydrogen-bond acceptors (Lipinski definition) is 5. The van der Waals surface area contributed by atoms with Crippen molar-refractivity contribution in [2.75, 3.05) is 11.9 Å². The molecule has 0 saturated carbocycles. The molecule has 0 aliphatic rings. The summed E-state index contributed by atoms with van der Waals surface area (Å²) in [4.78, 5) is 16.5. The quantitative estimate of drug-likeness (QED) is 0.123. The second-order valence-corrected chi connectivity index (χ2v) is 10.2. The van der Waals surface area contributed by atoms with Crippen LogP contribution in [0.5, 0.6) is 5.75 Å². The molecule has 0 aliphatic heterocycles. The van der Waals surface area contributed by atoms with E-state index < -0.39 is 12.4 Å². The van der Waals surface area contributed by atoms with E-state index in [0.717, 1.165) is 27.9 Å². The minimum atomic E-state index is -4.75. The number of hydrogen-bond donors (Lipinski definition) is 3. The van der Waals surface area contributed by atoms with Gasteiger partial charge in [-0.1, -0.05) is 37.8 Å². The van der Waals surface area contributed by atoms with Crippen molar-refractivity contribution >= 4 is 29.0 Å². The maximum absolute atomic E-state index is 12.4. The third-order valence-corrected chi connectivity index (χ3v) is 6.25. The lowest BCUT2D eigenvalue weighted by Crippen LogP contribution is -2.42. The number of carbonyl (C=O) groups excluding carboxylic acids is 1. The lowest BCUT2D eigenvalue weighted by Gasteiger charge is -2.16. The van der Waals surface area contributed by atoms with Crippen LogP contribution in [0.25, 0.3) is 17.1 Å². The number of urea groups is 1. The van der Waals surface area contributed by atoms with E-state index in [1.807, 2.05) is 49.4 Å². The molecule has 1 heterocycles. The number of amides is 2. The summed E-state index contributed by atoms with van der Waals surface area (Å²) in [5.74, 6) is 6.50. The fourth-order valence-electron chi connectivity index (χ4n) is 4.01. The first-order valence-corrected chi connectivity index (χ1v) is 13.7. The van der Waals surface area contributed by atoms with Crippen LogP contribution in [0.3, 0.4) is 0 Å². The van der Waals surface area contributed by atoms with E-state index in [1.165, 1.54) is 35.3 Å². The molecule has 0 bridgehead atoms. The van der Waals surface area contributed by atoms with Crippen molar-refractivity contribution in [2.45, 2.75) is 39.5 Å². The lowest BCUT2D eigenvalue weighted by molar-refractivity contribution is -0.274. The summed E-state index contributed by atoms with van der Waals surface area (Å²) in [7, 11) is 0. The third kappa shape index (κ3) is 9.31. The van der Waals surface area contributed by atoms with Crippen molar-refractivity contribution in [1.29, 1.82) is 0 Å². The molecule has 3 aromatic carbocycles. The highest BCUT2D eigenvalue weighted by atomic mass is 32.1. The van der Waals surface area contributed by atoms with Crippen LogP contribution in [0.2, 0.25) is 0 Å². The number of benzene rings is 3. The number of ether oxygens (including phenoxy) is 1. The van der Waals surface area contributed by atoms with Gasteiger partial charge in [0.2, 0.25) is 0 Å². The van der Waals surface area contributed by atoms with E-state index in [1.54, 1.807) is 0 Å². The molecular formula is C31H29F3N6O2S. The van der Waals surface area contributed by atoms with Crippen LogP contribution in [0.1, 0.15) is 42.9 Å². The zero-order chi connectivity index (χ0) is 31.0. The van der Waals surface area contributed by atoms with Gasteiger partial charge in [0.25, 0.3) is 0 Å². The fourth-order valence-corrected chi connectivity index (χ4v) is 4.21. The summed E-state index contributed by atoms with van der Waals surface area (Å²) in [5.41, 5.74) is 5.12. The highest BCUT2D eigenvalue weighted by molar-refractivity contribution is 7.80. The molecule has 1 aromatic heterocycles. The molecule has 12 heteroatoms. The monoisotopic (exact) mass is 606 g/mol. The van der Waals surface area contributed by atoms with Crippen LogP contribution in [0.4, 0.5) is 23.7 Å². The molecule has 0 spiro atoms. The largest absolute Gasteiger partial charge is 0.573 e. The van der Waals surface area contributed by atoms with Crippen LogP contribution in [-0.4, -0.2) is 38.8 Å². The number of rotatable bonds is 7. The van der Waals surface area contributed by atoms with Crippen LogP contribution >= 0.6 is 12.2 Å². The number of aromatic nitrogens is 3. The number of alkyl halides is 3. The van der Waals surface area contributed by atoms with Crippen LogP contribution in [-0.2, 0) is 0 Å². The zero-order valence-corrected chi connectivity index (χ0v) is 24.4. The van der Waals surface area contributed by atoms with Gasteiger partial charge >= 0.3 is 12.4 Å². The van der Waals surface area contributed by atoms with E-state index >= 15 is 0 Å². The molecule has 0 saturated heterocycles.